The first-order chi connectivity index (χ1) is 20.2. The fraction of sp³-hybridized carbons (Fsp3) is 0.0263. The highest BCUT2D eigenvalue weighted by Gasteiger charge is 2.20. The Labute approximate surface area is 238 Å². The number of rotatable bonds is 4. The summed E-state index contributed by atoms with van der Waals surface area (Å²) in [6.45, 7) is 0. The van der Waals surface area contributed by atoms with Crippen molar-refractivity contribution in [2.24, 2.45) is 10.7 Å². The average molecular weight is 526 g/mol. The summed E-state index contributed by atoms with van der Waals surface area (Å²) < 4.78 is 2.33. The lowest BCUT2D eigenvalue weighted by Gasteiger charge is -2.11. The maximum absolute atomic E-state index is 6.70. The minimum absolute atomic E-state index is 0.517. The van der Waals surface area contributed by atoms with Crippen molar-refractivity contribution < 1.29 is 0 Å². The molecule has 0 saturated heterocycles. The molecule has 1 aliphatic carbocycles. The van der Waals surface area contributed by atoms with Crippen LogP contribution in [0.25, 0.3) is 49.7 Å². The largest absolute Gasteiger partial charge is 0.383 e. The molecule has 0 saturated carbocycles. The van der Waals surface area contributed by atoms with E-state index in [0.29, 0.717) is 5.84 Å². The van der Waals surface area contributed by atoms with Gasteiger partial charge in [0.05, 0.1) is 16.7 Å². The molecule has 41 heavy (non-hydrogen) atoms. The summed E-state index contributed by atoms with van der Waals surface area (Å²) in [5, 5.41) is 2.46. The monoisotopic (exact) mass is 525 g/mol. The quantitative estimate of drug-likeness (QED) is 0.181. The van der Waals surface area contributed by atoms with Gasteiger partial charge in [-0.3, -0.25) is 0 Å². The molecule has 0 spiro atoms. The minimum atomic E-state index is 0.517. The third kappa shape index (κ3) is 3.86. The number of nitrogens with two attached hydrogens (primary N) is 1. The van der Waals surface area contributed by atoms with Gasteiger partial charge in [0, 0.05) is 28.4 Å². The zero-order valence-corrected chi connectivity index (χ0v) is 22.5. The van der Waals surface area contributed by atoms with Crippen LogP contribution in [0.5, 0.6) is 0 Å². The van der Waals surface area contributed by atoms with E-state index < -0.39 is 0 Å². The summed E-state index contributed by atoms with van der Waals surface area (Å²) in [6.07, 6.45) is 0.880. The molecule has 7 aromatic rings. The number of aliphatic imine (C=N–C) groups is 1. The van der Waals surface area contributed by atoms with Gasteiger partial charge in [0.2, 0.25) is 0 Å². The number of hydrogen-bond acceptors (Lipinski definition) is 1. The van der Waals surface area contributed by atoms with E-state index in [9.17, 15) is 0 Å². The van der Waals surface area contributed by atoms with Crippen molar-refractivity contribution in [3.63, 3.8) is 0 Å². The van der Waals surface area contributed by atoms with E-state index in [1.807, 2.05) is 6.07 Å². The number of benzene rings is 6. The predicted octanol–water partition coefficient (Wildman–Crippen LogP) is 9.06. The smallest absolute Gasteiger partial charge is 0.131 e. The molecular weight excluding hydrogens is 498 g/mol. The van der Waals surface area contributed by atoms with Gasteiger partial charge in [-0.05, 0) is 69.8 Å². The highest BCUT2D eigenvalue weighted by Crippen LogP contribution is 2.41. The van der Waals surface area contributed by atoms with E-state index in [2.05, 4.69) is 138 Å². The molecule has 3 nitrogen and oxygen atoms in total. The lowest BCUT2D eigenvalue weighted by molar-refractivity contribution is 1.18. The second-order valence-corrected chi connectivity index (χ2v) is 10.6. The van der Waals surface area contributed by atoms with E-state index in [-0.39, 0.29) is 0 Å². The molecule has 1 aromatic heterocycles. The van der Waals surface area contributed by atoms with E-state index in [0.717, 1.165) is 28.9 Å². The van der Waals surface area contributed by atoms with Crippen LogP contribution in [0.4, 0.5) is 5.69 Å². The number of fused-ring (bicyclic) bond motifs is 6. The van der Waals surface area contributed by atoms with E-state index >= 15 is 0 Å². The van der Waals surface area contributed by atoms with Gasteiger partial charge in [-0.25, -0.2) is 4.99 Å². The molecule has 2 N–H and O–H groups in total. The van der Waals surface area contributed by atoms with Crippen LogP contribution in [0, 0.1) is 0 Å². The Morgan fingerprint density at radius 3 is 2.27 bits per heavy atom. The molecule has 0 aliphatic heterocycles. The average Bonchev–Trinajstić information content (AvgIpc) is 3.58. The van der Waals surface area contributed by atoms with Crippen molar-refractivity contribution in [1.29, 1.82) is 0 Å². The number of nitrogens with zero attached hydrogens (tertiary/aromatic N) is 2. The molecule has 194 valence electrons. The maximum Gasteiger partial charge on any atom is 0.131 e. The lowest BCUT2D eigenvalue weighted by atomic mass is 10.0. The van der Waals surface area contributed by atoms with Crippen molar-refractivity contribution in [3.8, 4) is 27.9 Å². The second kappa shape index (κ2) is 9.35. The Morgan fingerprint density at radius 2 is 1.34 bits per heavy atom. The van der Waals surface area contributed by atoms with Crippen LogP contribution < -0.4 is 5.73 Å². The predicted molar refractivity (Wildman–Crippen MR) is 171 cm³/mol. The summed E-state index contributed by atoms with van der Waals surface area (Å²) in [6, 6.07) is 49.2. The van der Waals surface area contributed by atoms with Gasteiger partial charge in [0.25, 0.3) is 0 Å². The number of aromatic nitrogens is 1. The van der Waals surface area contributed by atoms with Crippen LogP contribution in [0.1, 0.15) is 16.7 Å². The molecule has 0 radical (unpaired) electrons. The zero-order chi connectivity index (χ0) is 27.3. The molecule has 0 unspecified atom stereocenters. The molecule has 6 aromatic carbocycles. The van der Waals surface area contributed by atoms with Gasteiger partial charge in [0.1, 0.15) is 5.84 Å². The van der Waals surface area contributed by atoms with Gasteiger partial charge in [-0.2, -0.15) is 0 Å². The minimum Gasteiger partial charge on any atom is -0.383 e. The van der Waals surface area contributed by atoms with Crippen molar-refractivity contribution in [2.45, 2.75) is 6.42 Å². The van der Waals surface area contributed by atoms with Gasteiger partial charge < -0.3 is 10.3 Å². The lowest BCUT2D eigenvalue weighted by Crippen LogP contribution is -2.13. The van der Waals surface area contributed by atoms with Crippen LogP contribution in [0.3, 0.4) is 0 Å². The standard InChI is InChI=1S/C38H27N3/c39-38(40-35-18-9-17-31-30-15-5-4-12-27(30)24-33(31)35)28-13-8-14-29(22-28)41-36-19-7-6-16-32(36)34-23-26(20-21-37(34)41)25-10-2-1-3-11-25/h1-23H,24H2,(H2,39,40). The zero-order valence-electron chi connectivity index (χ0n) is 22.5. The fourth-order valence-electron chi connectivity index (χ4n) is 6.31. The SMILES string of the molecule is NC(=Nc1cccc2c1Cc1ccccc1-2)c1cccc(-n2c3ccccc3c3cc(-c4ccccc4)ccc32)c1. The number of amidine groups is 1. The second-order valence-electron chi connectivity index (χ2n) is 10.6. The molecule has 0 bridgehead atoms. The Kier molecular flexibility index (Phi) is 5.36. The van der Waals surface area contributed by atoms with Gasteiger partial charge >= 0.3 is 0 Å². The molecule has 0 amide bonds. The molecule has 1 aliphatic rings. The normalized spacial score (nSPS) is 12.5. The molecule has 1 heterocycles. The Morgan fingerprint density at radius 1 is 0.585 bits per heavy atom. The highest BCUT2D eigenvalue weighted by molar-refractivity contribution is 6.10. The summed E-state index contributed by atoms with van der Waals surface area (Å²) in [5.41, 5.74) is 19.5. The first-order valence-corrected chi connectivity index (χ1v) is 14.0. The third-order valence-electron chi connectivity index (χ3n) is 8.25. The highest BCUT2D eigenvalue weighted by atomic mass is 15.0. The van der Waals surface area contributed by atoms with Gasteiger partial charge in [-0.15, -0.1) is 0 Å². The van der Waals surface area contributed by atoms with Crippen LogP contribution in [-0.2, 0) is 6.42 Å². The molecule has 3 heteroatoms. The van der Waals surface area contributed by atoms with Crippen LogP contribution in [0.2, 0.25) is 0 Å². The summed E-state index contributed by atoms with van der Waals surface area (Å²) in [7, 11) is 0. The molecular formula is C38H27N3. The third-order valence-corrected chi connectivity index (χ3v) is 8.25. The van der Waals surface area contributed by atoms with Crippen LogP contribution in [0.15, 0.2) is 145 Å². The Bertz CT molecular complexity index is 2130. The van der Waals surface area contributed by atoms with E-state index in [4.69, 9.17) is 10.7 Å². The van der Waals surface area contributed by atoms with Crippen LogP contribution in [-0.4, -0.2) is 10.4 Å². The van der Waals surface area contributed by atoms with Crippen molar-refractivity contribution in [2.75, 3.05) is 0 Å². The fourth-order valence-corrected chi connectivity index (χ4v) is 6.31. The number of hydrogen-bond donors (Lipinski definition) is 1. The first-order valence-electron chi connectivity index (χ1n) is 14.0. The summed E-state index contributed by atoms with van der Waals surface area (Å²) in [4.78, 5) is 4.96. The van der Waals surface area contributed by atoms with Gasteiger partial charge in [0.15, 0.2) is 0 Å². The molecule has 0 atom stereocenters. The summed E-state index contributed by atoms with van der Waals surface area (Å²) >= 11 is 0. The Hall–Kier alpha value is -5.41. The molecule has 0 fully saturated rings. The van der Waals surface area contributed by atoms with Gasteiger partial charge in [-0.1, -0.05) is 103 Å². The van der Waals surface area contributed by atoms with E-state index in [1.54, 1.807) is 0 Å². The molecule has 8 rings (SSSR count). The Balaban J connectivity index is 1.23. The number of para-hydroxylation sites is 1. The maximum atomic E-state index is 6.70. The van der Waals surface area contributed by atoms with Crippen LogP contribution >= 0.6 is 0 Å². The van der Waals surface area contributed by atoms with Crippen molar-refractivity contribution >= 4 is 33.3 Å². The van der Waals surface area contributed by atoms with Crippen molar-refractivity contribution in [3.05, 3.63) is 156 Å². The van der Waals surface area contributed by atoms with Crippen molar-refractivity contribution in [1.82, 2.24) is 4.57 Å². The summed E-state index contributed by atoms with van der Waals surface area (Å²) in [5.74, 6) is 0.517. The first kappa shape index (κ1) is 23.5. The van der Waals surface area contributed by atoms with E-state index in [1.165, 1.54) is 49.7 Å². The topological polar surface area (TPSA) is 43.3 Å².